The highest BCUT2D eigenvalue weighted by Crippen LogP contribution is 2.48. The number of carbonyl (C=O) groups is 2. The van der Waals surface area contributed by atoms with Crippen LogP contribution in [0.1, 0.15) is 20.3 Å². The number of nitrogens with zero attached hydrogens (tertiary/aromatic N) is 5. The van der Waals surface area contributed by atoms with Crippen molar-refractivity contribution in [3.8, 4) is 0 Å². The Balaban J connectivity index is 2.68. The van der Waals surface area contributed by atoms with E-state index in [1.54, 1.807) is 18.7 Å². The van der Waals surface area contributed by atoms with Crippen LogP contribution >= 0.6 is 7.60 Å². The molecule has 0 bridgehead atoms. The molecule has 2 N–H and O–H groups in total. The summed E-state index contributed by atoms with van der Waals surface area (Å²) in [6.07, 6.45) is -1.01. The standard InChI is InChI=1S/C15H29N6O6P/c1-3-26-28(25,27-4-2)12-13(18-15(23)24)14(22)21-10-8-20(9-11-21)7-5-6-17-19-16/h13,18H,3-12H2,1-2H3,(H,23,24). The van der Waals surface area contributed by atoms with Gasteiger partial charge in [0.05, 0.1) is 19.4 Å². The fourth-order valence-corrected chi connectivity index (χ4v) is 4.68. The van der Waals surface area contributed by atoms with Crippen molar-refractivity contribution in [2.24, 2.45) is 5.11 Å². The Morgan fingerprint density at radius 3 is 2.36 bits per heavy atom. The smallest absolute Gasteiger partial charge is 0.405 e. The van der Waals surface area contributed by atoms with E-state index in [0.29, 0.717) is 32.7 Å². The Labute approximate surface area is 164 Å². The van der Waals surface area contributed by atoms with Crippen molar-refractivity contribution in [3.63, 3.8) is 0 Å². The van der Waals surface area contributed by atoms with Crippen LogP contribution in [0.3, 0.4) is 0 Å². The molecule has 0 spiro atoms. The van der Waals surface area contributed by atoms with Crippen LogP contribution in [0.5, 0.6) is 0 Å². The van der Waals surface area contributed by atoms with Crippen molar-refractivity contribution in [2.45, 2.75) is 26.3 Å². The van der Waals surface area contributed by atoms with Crippen molar-refractivity contribution in [3.05, 3.63) is 10.4 Å². The second kappa shape index (κ2) is 12.6. The number of hydrogen-bond acceptors (Lipinski definition) is 7. The van der Waals surface area contributed by atoms with E-state index in [9.17, 15) is 14.2 Å². The molecule has 1 aliphatic rings. The molecule has 12 nitrogen and oxygen atoms in total. The van der Waals surface area contributed by atoms with E-state index in [1.807, 2.05) is 0 Å². The molecule has 0 aromatic rings. The van der Waals surface area contributed by atoms with E-state index in [4.69, 9.17) is 19.7 Å². The average molecular weight is 420 g/mol. The molecule has 0 aromatic heterocycles. The van der Waals surface area contributed by atoms with Crippen molar-refractivity contribution in [2.75, 3.05) is 58.6 Å². The van der Waals surface area contributed by atoms with Gasteiger partial charge >= 0.3 is 13.7 Å². The monoisotopic (exact) mass is 420 g/mol. The maximum atomic E-state index is 12.8. The molecule has 160 valence electrons. The summed E-state index contributed by atoms with van der Waals surface area (Å²) in [5, 5.41) is 14.7. The summed E-state index contributed by atoms with van der Waals surface area (Å²) in [5.41, 5.74) is 8.28. The van der Waals surface area contributed by atoms with Gasteiger partial charge in [0, 0.05) is 37.6 Å². The second-order valence-electron chi connectivity index (χ2n) is 6.11. The SMILES string of the molecule is CCOP(=O)(CC(NC(=O)O)C(=O)N1CCN(CCCN=[N+]=[N-])CC1)OCC. The molecule has 1 fully saturated rings. The lowest BCUT2D eigenvalue weighted by molar-refractivity contribution is -0.134. The number of piperazine rings is 1. The van der Waals surface area contributed by atoms with E-state index >= 15 is 0 Å². The van der Waals surface area contributed by atoms with Crippen molar-refractivity contribution in [1.82, 2.24) is 15.1 Å². The van der Waals surface area contributed by atoms with Gasteiger partial charge in [-0.3, -0.25) is 14.3 Å². The van der Waals surface area contributed by atoms with Gasteiger partial charge in [-0.1, -0.05) is 5.11 Å². The highest BCUT2D eigenvalue weighted by atomic mass is 31.2. The minimum absolute atomic E-state index is 0.125. The average Bonchev–Trinajstić information content (AvgIpc) is 2.64. The first-order chi connectivity index (χ1) is 13.3. The summed E-state index contributed by atoms with van der Waals surface area (Å²) in [6.45, 7) is 6.80. The molecule has 0 saturated carbocycles. The number of nitrogens with one attached hydrogen (secondary N) is 1. The Bertz CT molecular complexity index is 596. The van der Waals surface area contributed by atoms with Crippen molar-refractivity contribution >= 4 is 19.6 Å². The number of rotatable bonds is 12. The van der Waals surface area contributed by atoms with Crippen LogP contribution in [-0.4, -0.2) is 91.6 Å². The minimum atomic E-state index is -3.59. The second-order valence-corrected chi connectivity index (χ2v) is 8.21. The molecular weight excluding hydrogens is 391 g/mol. The van der Waals surface area contributed by atoms with Crippen molar-refractivity contribution in [1.29, 1.82) is 0 Å². The zero-order chi connectivity index (χ0) is 21.0. The maximum Gasteiger partial charge on any atom is 0.405 e. The van der Waals surface area contributed by atoms with Crippen LogP contribution in [-0.2, 0) is 18.4 Å². The molecule has 28 heavy (non-hydrogen) atoms. The molecule has 13 heteroatoms. The van der Waals surface area contributed by atoms with E-state index in [-0.39, 0.29) is 19.4 Å². The molecule has 2 amide bonds. The van der Waals surface area contributed by atoms with Crippen LogP contribution in [0.15, 0.2) is 5.11 Å². The first-order valence-electron chi connectivity index (χ1n) is 9.24. The van der Waals surface area contributed by atoms with Gasteiger partial charge in [-0.15, -0.1) is 0 Å². The van der Waals surface area contributed by atoms with Crippen LogP contribution in [0.25, 0.3) is 10.4 Å². The van der Waals surface area contributed by atoms with Gasteiger partial charge < -0.3 is 24.4 Å². The number of azide groups is 1. The van der Waals surface area contributed by atoms with Crippen LogP contribution < -0.4 is 5.32 Å². The third kappa shape index (κ3) is 8.45. The molecule has 1 unspecified atom stereocenters. The molecule has 1 rings (SSSR count). The zero-order valence-electron chi connectivity index (χ0n) is 16.3. The molecule has 1 saturated heterocycles. The molecular formula is C15H29N6O6P. The van der Waals surface area contributed by atoms with Gasteiger partial charge in [0.15, 0.2) is 0 Å². The Morgan fingerprint density at radius 2 is 1.86 bits per heavy atom. The number of carbonyl (C=O) groups excluding carboxylic acids is 1. The lowest BCUT2D eigenvalue weighted by Gasteiger charge is -2.36. The molecule has 1 aliphatic heterocycles. The maximum absolute atomic E-state index is 12.8. The molecule has 1 atom stereocenters. The number of hydrogen-bond donors (Lipinski definition) is 2. The van der Waals surface area contributed by atoms with Gasteiger partial charge in [0.2, 0.25) is 5.91 Å². The molecule has 0 radical (unpaired) electrons. The third-order valence-electron chi connectivity index (χ3n) is 4.13. The normalized spacial score (nSPS) is 16.3. The third-order valence-corrected chi connectivity index (χ3v) is 6.25. The van der Waals surface area contributed by atoms with E-state index in [1.165, 1.54) is 0 Å². The lowest BCUT2D eigenvalue weighted by Crippen LogP contribution is -2.56. The number of carboxylic acid groups (broad SMARTS) is 1. The Hall–Kier alpha value is -1.84. The van der Waals surface area contributed by atoms with Gasteiger partial charge in [0.1, 0.15) is 6.04 Å². The Kier molecular flexibility index (Phi) is 10.9. The van der Waals surface area contributed by atoms with Crippen molar-refractivity contribution < 1.29 is 28.3 Å². The summed E-state index contributed by atoms with van der Waals surface area (Å²) in [7, 11) is -3.59. The van der Waals surface area contributed by atoms with Crippen LogP contribution in [0, 0.1) is 0 Å². The molecule has 0 aromatic carbocycles. The topological polar surface area (TPSA) is 157 Å². The van der Waals surface area contributed by atoms with E-state index in [0.717, 1.165) is 13.0 Å². The zero-order valence-corrected chi connectivity index (χ0v) is 17.2. The fourth-order valence-electron chi connectivity index (χ4n) is 2.92. The molecule has 0 aliphatic carbocycles. The summed E-state index contributed by atoms with van der Waals surface area (Å²) in [5.74, 6) is -0.448. The number of amides is 2. The summed E-state index contributed by atoms with van der Waals surface area (Å²) >= 11 is 0. The summed E-state index contributed by atoms with van der Waals surface area (Å²) < 4.78 is 23.1. The highest BCUT2D eigenvalue weighted by molar-refractivity contribution is 7.54. The van der Waals surface area contributed by atoms with Gasteiger partial charge in [0.25, 0.3) is 0 Å². The highest BCUT2D eigenvalue weighted by Gasteiger charge is 2.36. The van der Waals surface area contributed by atoms with E-state index < -0.39 is 25.6 Å². The van der Waals surface area contributed by atoms with Gasteiger partial charge in [-0.25, -0.2) is 4.79 Å². The Morgan fingerprint density at radius 1 is 1.25 bits per heavy atom. The van der Waals surface area contributed by atoms with E-state index in [2.05, 4.69) is 20.2 Å². The fraction of sp³-hybridized carbons (Fsp3) is 0.867. The van der Waals surface area contributed by atoms with Gasteiger partial charge in [-0.2, -0.15) is 0 Å². The van der Waals surface area contributed by atoms with Crippen LogP contribution in [0.4, 0.5) is 4.79 Å². The lowest BCUT2D eigenvalue weighted by atomic mass is 10.2. The predicted molar refractivity (Wildman–Crippen MR) is 102 cm³/mol. The quantitative estimate of drug-likeness (QED) is 0.160. The summed E-state index contributed by atoms with van der Waals surface area (Å²) in [6, 6.07) is -1.21. The summed E-state index contributed by atoms with van der Waals surface area (Å²) in [4.78, 5) is 30.3. The minimum Gasteiger partial charge on any atom is -0.465 e. The first-order valence-corrected chi connectivity index (χ1v) is 11.0. The first kappa shape index (κ1) is 24.2. The van der Waals surface area contributed by atoms with Gasteiger partial charge in [-0.05, 0) is 32.3 Å². The largest absolute Gasteiger partial charge is 0.465 e. The van der Waals surface area contributed by atoms with Crippen LogP contribution in [0.2, 0.25) is 0 Å². The molecule has 1 heterocycles. The predicted octanol–water partition coefficient (Wildman–Crippen LogP) is 1.73.